The van der Waals surface area contributed by atoms with Gasteiger partial charge in [-0.3, -0.25) is 19.0 Å². The van der Waals surface area contributed by atoms with Gasteiger partial charge in [-0.25, -0.2) is 0 Å². The lowest BCUT2D eigenvalue weighted by molar-refractivity contribution is -0.123. The summed E-state index contributed by atoms with van der Waals surface area (Å²) in [5, 5.41) is 3.15. The van der Waals surface area contributed by atoms with Crippen molar-refractivity contribution in [3.63, 3.8) is 0 Å². The topological polar surface area (TPSA) is 71.4 Å². The van der Waals surface area contributed by atoms with Gasteiger partial charge in [0.2, 0.25) is 5.91 Å². The second-order valence-electron chi connectivity index (χ2n) is 11.0. The minimum atomic E-state index is -0.577. The average molecular weight is 498 g/mol. The van der Waals surface area contributed by atoms with E-state index in [1.54, 1.807) is 0 Å². The highest BCUT2D eigenvalue weighted by Crippen LogP contribution is 2.29. The van der Waals surface area contributed by atoms with Crippen LogP contribution in [0, 0.1) is 17.3 Å². The first-order valence-electron chi connectivity index (χ1n) is 12.4. The van der Waals surface area contributed by atoms with Crippen LogP contribution >= 0.6 is 11.3 Å². The first-order valence-corrected chi connectivity index (χ1v) is 13.2. The molecule has 0 aliphatic heterocycles. The molecule has 190 valence electrons. The van der Waals surface area contributed by atoms with Crippen molar-refractivity contribution in [1.82, 2.24) is 9.88 Å². The third kappa shape index (κ3) is 6.72. The van der Waals surface area contributed by atoms with Gasteiger partial charge in [0.05, 0.1) is 4.53 Å². The average Bonchev–Trinajstić information content (AvgIpc) is 3.05. The minimum absolute atomic E-state index is 0.0791. The molecule has 1 aliphatic carbocycles. The molecule has 1 N–H and O–H groups in total. The Bertz CT molecular complexity index is 1230. The molecule has 7 heteroatoms. The van der Waals surface area contributed by atoms with Gasteiger partial charge in [-0.15, -0.1) is 11.3 Å². The van der Waals surface area contributed by atoms with Gasteiger partial charge in [0.25, 0.3) is 5.56 Å². The Balaban J connectivity index is 1.98. The number of amides is 1. The summed E-state index contributed by atoms with van der Waals surface area (Å²) >= 11 is 1.25. The lowest BCUT2D eigenvalue weighted by Crippen LogP contribution is -2.46. The fourth-order valence-corrected chi connectivity index (χ4v) is 5.36. The number of benzene rings is 1. The van der Waals surface area contributed by atoms with Crippen LogP contribution in [0.2, 0.25) is 0 Å². The number of nitrogens with one attached hydrogen (secondary N) is 1. The second kappa shape index (κ2) is 10.9. The smallest absolute Gasteiger partial charge is 0.269 e. The van der Waals surface area contributed by atoms with Crippen molar-refractivity contribution >= 4 is 40.9 Å². The highest BCUT2D eigenvalue weighted by molar-refractivity contribution is 7.07. The molecule has 0 radical (unpaired) electrons. The summed E-state index contributed by atoms with van der Waals surface area (Å²) in [6, 6.07) is 8.02. The zero-order chi connectivity index (χ0) is 25.9. The zero-order valence-electron chi connectivity index (χ0n) is 22.1. The lowest BCUT2D eigenvalue weighted by Gasteiger charge is -2.34. The van der Waals surface area contributed by atoms with Crippen LogP contribution in [0.5, 0.6) is 0 Å². The molecule has 1 amide bonds. The van der Waals surface area contributed by atoms with Crippen LogP contribution in [-0.4, -0.2) is 36.4 Å². The molecule has 35 heavy (non-hydrogen) atoms. The van der Waals surface area contributed by atoms with Gasteiger partial charge < -0.3 is 10.2 Å². The number of nitrogens with zero attached hydrogens (tertiary/aromatic N) is 2. The largest absolute Gasteiger partial charge is 0.378 e. The Morgan fingerprint density at radius 2 is 1.80 bits per heavy atom. The normalized spacial score (nSPS) is 21.7. The number of carbonyl (C=O) groups is 2. The molecule has 6 nitrogen and oxygen atoms in total. The summed E-state index contributed by atoms with van der Waals surface area (Å²) in [6.07, 6.45) is 6.57. The van der Waals surface area contributed by atoms with Crippen molar-refractivity contribution < 1.29 is 9.59 Å². The molecular weight excluding hydrogens is 458 g/mol. The number of thiazole rings is 1. The number of hydrogen-bond acceptors (Lipinski definition) is 5. The van der Waals surface area contributed by atoms with Crippen molar-refractivity contribution in [2.45, 2.75) is 66.5 Å². The molecule has 1 heterocycles. The number of ketones is 1. The predicted molar refractivity (Wildman–Crippen MR) is 145 cm³/mol. The summed E-state index contributed by atoms with van der Waals surface area (Å²) in [5.74, 6) is 0.695. The highest BCUT2D eigenvalue weighted by Gasteiger charge is 2.28. The van der Waals surface area contributed by atoms with Crippen LogP contribution in [0.25, 0.3) is 12.2 Å². The minimum Gasteiger partial charge on any atom is -0.378 e. The summed E-state index contributed by atoms with van der Waals surface area (Å²) in [7, 11) is 3.95. The van der Waals surface area contributed by atoms with E-state index >= 15 is 0 Å². The molecule has 1 fully saturated rings. The van der Waals surface area contributed by atoms with E-state index < -0.39 is 5.41 Å². The summed E-state index contributed by atoms with van der Waals surface area (Å²) < 4.78 is 2.45. The predicted octanol–water partition coefficient (Wildman–Crippen LogP) is 3.14. The van der Waals surface area contributed by atoms with E-state index in [1.807, 2.05) is 70.1 Å². The Morgan fingerprint density at radius 3 is 2.40 bits per heavy atom. The van der Waals surface area contributed by atoms with E-state index in [0.717, 1.165) is 24.1 Å². The number of anilines is 1. The van der Waals surface area contributed by atoms with Gasteiger partial charge in [0.15, 0.2) is 5.78 Å². The molecule has 1 aromatic heterocycles. The maximum atomic E-state index is 13.4. The van der Waals surface area contributed by atoms with Gasteiger partial charge in [-0.05, 0) is 42.0 Å². The number of Topliss-reactive ketones (excluding diaryl/α,β-unsaturated/α-hetero) is 1. The molecular formula is C28H39N3O3S. The van der Waals surface area contributed by atoms with E-state index in [1.165, 1.54) is 28.4 Å². The van der Waals surface area contributed by atoms with Crippen LogP contribution in [0.4, 0.5) is 5.69 Å². The Morgan fingerprint density at radius 1 is 1.14 bits per heavy atom. The third-order valence-electron chi connectivity index (χ3n) is 6.99. The number of aromatic nitrogens is 1. The molecule has 1 aliphatic rings. The molecule has 3 rings (SSSR count). The standard InChI is InChI=1S/C28H39N3O3S/c1-18-9-8-10-22(19(18)2)29-25(33)17-31-26(16-24(32)28(3,4)5)35-23(27(31)34)15-20-11-13-21(14-12-20)30(6)7/h11-16,18-19,22H,8-10,17H2,1-7H3,(H,29,33)/b23-15-,26-16+. The summed E-state index contributed by atoms with van der Waals surface area (Å²) in [6.45, 7) is 9.86. The SMILES string of the molecule is CC1CCCC(NC(=O)Cn2c(=O)/c(=C/c3ccc(N(C)C)cc3)s/c2=C/C(=O)C(C)(C)C)C1C. The molecule has 3 atom stereocenters. The highest BCUT2D eigenvalue weighted by atomic mass is 32.1. The van der Waals surface area contributed by atoms with E-state index in [0.29, 0.717) is 21.0 Å². The van der Waals surface area contributed by atoms with Gasteiger partial charge >= 0.3 is 0 Å². The molecule has 1 saturated carbocycles. The maximum Gasteiger partial charge on any atom is 0.269 e. The Labute approximate surface area is 212 Å². The summed E-state index contributed by atoms with van der Waals surface area (Å²) in [4.78, 5) is 41.2. The number of carbonyl (C=O) groups excluding carboxylic acids is 2. The van der Waals surface area contributed by atoms with Crippen molar-refractivity contribution in [2.24, 2.45) is 17.3 Å². The molecule has 0 saturated heterocycles. The van der Waals surface area contributed by atoms with E-state index in [4.69, 9.17) is 0 Å². The fourth-order valence-electron chi connectivity index (χ4n) is 4.32. The van der Waals surface area contributed by atoms with E-state index in [2.05, 4.69) is 19.2 Å². The third-order valence-corrected chi connectivity index (χ3v) is 8.05. The van der Waals surface area contributed by atoms with Crippen molar-refractivity contribution in [3.8, 4) is 0 Å². The first-order chi connectivity index (χ1) is 16.4. The first kappa shape index (κ1) is 26.9. The maximum absolute atomic E-state index is 13.4. The van der Waals surface area contributed by atoms with Crippen LogP contribution in [0.15, 0.2) is 29.1 Å². The van der Waals surface area contributed by atoms with Crippen molar-refractivity contribution in [1.29, 1.82) is 0 Å². The van der Waals surface area contributed by atoms with Crippen molar-refractivity contribution in [2.75, 3.05) is 19.0 Å². The molecule has 0 bridgehead atoms. The molecule has 0 spiro atoms. The fraction of sp³-hybridized carbons (Fsp3) is 0.536. The van der Waals surface area contributed by atoms with Gasteiger partial charge in [-0.1, -0.05) is 59.6 Å². The quantitative estimate of drug-likeness (QED) is 0.666. The van der Waals surface area contributed by atoms with Crippen LogP contribution in [0.1, 0.15) is 59.4 Å². The van der Waals surface area contributed by atoms with Crippen LogP contribution < -0.4 is 25.0 Å². The Kier molecular flexibility index (Phi) is 8.42. The van der Waals surface area contributed by atoms with Gasteiger partial charge in [-0.2, -0.15) is 0 Å². The Hall–Kier alpha value is -2.67. The number of rotatable bonds is 6. The molecule has 3 unspecified atom stereocenters. The van der Waals surface area contributed by atoms with E-state index in [-0.39, 0.29) is 29.8 Å². The van der Waals surface area contributed by atoms with Gasteiger partial charge in [0, 0.05) is 37.3 Å². The second-order valence-corrected chi connectivity index (χ2v) is 12.1. The molecule has 2 aromatic rings. The zero-order valence-corrected chi connectivity index (χ0v) is 22.9. The number of hydrogen-bond donors (Lipinski definition) is 1. The van der Waals surface area contributed by atoms with Crippen LogP contribution in [0.3, 0.4) is 0 Å². The molecule has 1 aromatic carbocycles. The van der Waals surface area contributed by atoms with Crippen LogP contribution in [-0.2, 0) is 16.1 Å². The monoisotopic (exact) mass is 497 g/mol. The van der Waals surface area contributed by atoms with Gasteiger partial charge in [0.1, 0.15) is 11.2 Å². The van der Waals surface area contributed by atoms with E-state index in [9.17, 15) is 14.4 Å². The summed E-state index contributed by atoms with van der Waals surface area (Å²) in [5.41, 5.74) is 1.13. The lowest BCUT2D eigenvalue weighted by atomic mass is 9.78. The van der Waals surface area contributed by atoms with Crippen molar-refractivity contribution in [3.05, 3.63) is 49.4 Å².